The van der Waals surface area contributed by atoms with Gasteiger partial charge in [0.1, 0.15) is 0 Å². The molecule has 5 rings (SSSR count). The van der Waals surface area contributed by atoms with Crippen LogP contribution in [0, 0.1) is 24.2 Å². The second-order valence-corrected chi connectivity index (χ2v) is 12.5. The zero-order valence-corrected chi connectivity index (χ0v) is 22.4. The molecule has 1 spiro atoms. The van der Waals surface area contributed by atoms with Gasteiger partial charge in [0.05, 0.1) is 13.2 Å². The second kappa shape index (κ2) is 9.63. The summed E-state index contributed by atoms with van der Waals surface area (Å²) in [7, 11) is 0. The lowest BCUT2D eigenvalue weighted by Gasteiger charge is -2.39. The summed E-state index contributed by atoms with van der Waals surface area (Å²) in [5, 5.41) is 0. The molecule has 1 aromatic carbocycles. The minimum absolute atomic E-state index is 0.00894. The van der Waals surface area contributed by atoms with E-state index in [4.69, 9.17) is 4.74 Å². The number of ether oxygens (including phenoxy) is 2. The van der Waals surface area contributed by atoms with Gasteiger partial charge in [-0.2, -0.15) is 13.2 Å². The van der Waals surface area contributed by atoms with Gasteiger partial charge in [0.25, 0.3) is 0 Å². The third kappa shape index (κ3) is 5.44. The molecule has 4 fully saturated rings. The number of benzene rings is 1. The molecular formula is C28H40F3N3O3. The van der Waals surface area contributed by atoms with E-state index in [0.717, 1.165) is 65.6 Å². The van der Waals surface area contributed by atoms with Crippen LogP contribution in [0.1, 0.15) is 51.2 Å². The number of hydrogen-bond donors (Lipinski definition) is 0. The van der Waals surface area contributed by atoms with Gasteiger partial charge < -0.3 is 19.3 Å². The first kappa shape index (κ1) is 26.6. The van der Waals surface area contributed by atoms with Crippen LogP contribution in [0.5, 0.6) is 0 Å². The molecule has 1 aromatic rings. The number of amides is 1. The van der Waals surface area contributed by atoms with Crippen LogP contribution >= 0.6 is 0 Å². The van der Waals surface area contributed by atoms with Crippen molar-refractivity contribution < 1.29 is 27.4 Å². The van der Waals surface area contributed by atoms with E-state index in [1.54, 1.807) is 0 Å². The summed E-state index contributed by atoms with van der Waals surface area (Å²) in [5.41, 5.74) is 4.00. The Morgan fingerprint density at radius 3 is 2.43 bits per heavy atom. The average molecular weight is 524 g/mol. The molecule has 0 aromatic heterocycles. The number of carbonyl (C=O) groups is 1. The zero-order chi connectivity index (χ0) is 26.6. The van der Waals surface area contributed by atoms with Crippen LogP contribution in [-0.4, -0.2) is 79.6 Å². The summed E-state index contributed by atoms with van der Waals surface area (Å²) >= 11 is 0. The normalized spacial score (nSPS) is 28.1. The summed E-state index contributed by atoms with van der Waals surface area (Å²) in [6.45, 7) is 14.1. The quantitative estimate of drug-likeness (QED) is 0.541. The van der Waals surface area contributed by atoms with Crippen molar-refractivity contribution in [2.75, 3.05) is 50.8 Å². The zero-order valence-electron chi connectivity index (χ0n) is 22.4. The lowest BCUT2D eigenvalue weighted by molar-refractivity contribution is -0.200. The highest BCUT2D eigenvalue weighted by molar-refractivity contribution is 5.68. The van der Waals surface area contributed by atoms with E-state index < -0.39 is 18.4 Å². The largest absolute Gasteiger partial charge is 0.437 e. The van der Waals surface area contributed by atoms with Crippen molar-refractivity contribution in [2.45, 2.75) is 71.3 Å². The molecule has 4 heterocycles. The molecule has 0 bridgehead atoms. The van der Waals surface area contributed by atoms with Crippen LogP contribution in [0.15, 0.2) is 18.2 Å². The van der Waals surface area contributed by atoms with E-state index in [1.807, 2.05) is 0 Å². The monoisotopic (exact) mass is 523 g/mol. The number of hydrogen-bond acceptors (Lipinski definition) is 5. The molecule has 0 aliphatic carbocycles. The van der Waals surface area contributed by atoms with Gasteiger partial charge in [-0.05, 0) is 69.6 Å². The van der Waals surface area contributed by atoms with Crippen molar-refractivity contribution in [3.63, 3.8) is 0 Å². The lowest BCUT2D eigenvalue weighted by atomic mass is 9.74. The van der Waals surface area contributed by atoms with E-state index in [0.29, 0.717) is 24.9 Å². The van der Waals surface area contributed by atoms with Gasteiger partial charge in [-0.3, -0.25) is 4.90 Å². The Labute approximate surface area is 218 Å². The number of likely N-dealkylation sites (tertiary alicyclic amines) is 2. The number of halogens is 3. The highest BCUT2D eigenvalue weighted by atomic mass is 19.4. The number of fused-ring (bicyclic) bond motifs is 1. The molecule has 0 radical (unpaired) electrons. The van der Waals surface area contributed by atoms with E-state index >= 15 is 0 Å². The Balaban J connectivity index is 1.24. The Kier molecular flexibility index (Phi) is 6.92. The highest BCUT2D eigenvalue weighted by Gasteiger charge is 2.50. The van der Waals surface area contributed by atoms with Crippen LogP contribution in [-0.2, 0) is 16.0 Å². The van der Waals surface area contributed by atoms with E-state index in [2.05, 4.69) is 53.5 Å². The van der Waals surface area contributed by atoms with Crippen LogP contribution in [0.2, 0.25) is 0 Å². The molecule has 1 amide bonds. The van der Waals surface area contributed by atoms with Gasteiger partial charge in [0.15, 0.2) is 6.10 Å². The number of alkyl halides is 3. The fourth-order valence-electron chi connectivity index (χ4n) is 6.96. The van der Waals surface area contributed by atoms with Gasteiger partial charge in [-0.1, -0.05) is 12.1 Å². The summed E-state index contributed by atoms with van der Waals surface area (Å²) in [5.74, 6) is 1.24. The Morgan fingerprint density at radius 1 is 1.16 bits per heavy atom. The number of carbonyl (C=O) groups excluding carboxylic acids is 1. The maximum Gasteiger partial charge on any atom is 0.425 e. The van der Waals surface area contributed by atoms with Crippen molar-refractivity contribution in [3.8, 4) is 0 Å². The molecule has 3 unspecified atom stereocenters. The smallest absolute Gasteiger partial charge is 0.425 e. The molecule has 4 aliphatic heterocycles. The first-order valence-electron chi connectivity index (χ1n) is 13.5. The highest BCUT2D eigenvalue weighted by Crippen LogP contribution is 2.49. The third-order valence-corrected chi connectivity index (χ3v) is 9.19. The SMILES string of the molecule is Cc1ccc(CN2CC3(CCN(C(=O)OC(C)C(F)(F)F)CC3)CC2(C)C)c(N2CC3COCC3C2)c1. The van der Waals surface area contributed by atoms with Gasteiger partial charge in [-0.25, -0.2) is 4.79 Å². The molecule has 9 heteroatoms. The van der Waals surface area contributed by atoms with Gasteiger partial charge >= 0.3 is 12.3 Å². The number of piperidine rings is 1. The van der Waals surface area contributed by atoms with Crippen molar-refractivity contribution in [2.24, 2.45) is 17.3 Å². The molecule has 0 N–H and O–H groups in total. The minimum Gasteiger partial charge on any atom is -0.437 e. The van der Waals surface area contributed by atoms with Crippen LogP contribution in [0.25, 0.3) is 0 Å². The first-order valence-corrected chi connectivity index (χ1v) is 13.5. The Morgan fingerprint density at radius 2 is 1.81 bits per heavy atom. The van der Waals surface area contributed by atoms with Crippen molar-refractivity contribution in [3.05, 3.63) is 29.3 Å². The topological polar surface area (TPSA) is 45.2 Å². The van der Waals surface area contributed by atoms with Crippen LogP contribution < -0.4 is 4.90 Å². The molecule has 0 saturated carbocycles. The maximum absolute atomic E-state index is 12.8. The van der Waals surface area contributed by atoms with E-state index in [-0.39, 0.29) is 11.0 Å². The number of anilines is 1. The molecule has 37 heavy (non-hydrogen) atoms. The summed E-state index contributed by atoms with van der Waals surface area (Å²) in [6.07, 6.45) is -4.94. The molecule has 6 nitrogen and oxygen atoms in total. The number of aryl methyl sites for hydroxylation is 1. The predicted octanol–water partition coefficient (Wildman–Crippen LogP) is 5.23. The summed E-state index contributed by atoms with van der Waals surface area (Å²) < 4.78 is 48.8. The first-order chi connectivity index (χ1) is 17.4. The Hall–Kier alpha value is -2.00. The fourth-order valence-corrected chi connectivity index (χ4v) is 6.96. The lowest BCUT2D eigenvalue weighted by Crippen LogP contribution is -2.46. The van der Waals surface area contributed by atoms with Crippen LogP contribution in [0.3, 0.4) is 0 Å². The average Bonchev–Trinajstić information content (AvgIpc) is 3.47. The summed E-state index contributed by atoms with van der Waals surface area (Å²) in [6, 6.07) is 6.79. The molecule has 4 aliphatic rings. The van der Waals surface area contributed by atoms with Crippen molar-refractivity contribution >= 4 is 11.8 Å². The standard InChI is InChI=1S/C28H40F3N3O3/c1-19-5-6-21(24(11-19)33-12-22-15-36-16-23(22)13-33)14-34-18-27(17-26(34,3)4)7-9-32(10-8-27)25(35)37-20(2)28(29,30)31/h5-6,11,20,22-23H,7-10,12-18H2,1-4H3. The summed E-state index contributed by atoms with van der Waals surface area (Å²) in [4.78, 5) is 18.9. The minimum atomic E-state index is -4.54. The van der Waals surface area contributed by atoms with E-state index in [1.165, 1.54) is 21.7 Å². The fraction of sp³-hybridized carbons (Fsp3) is 0.750. The van der Waals surface area contributed by atoms with Crippen LogP contribution in [0.4, 0.5) is 23.7 Å². The number of nitrogens with zero attached hydrogens (tertiary/aromatic N) is 3. The van der Waals surface area contributed by atoms with Gasteiger partial charge in [0.2, 0.25) is 0 Å². The molecular weight excluding hydrogens is 483 g/mol. The van der Waals surface area contributed by atoms with Crippen molar-refractivity contribution in [1.29, 1.82) is 0 Å². The van der Waals surface area contributed by atoms with Crippen molar-refractivity contribution in [1.82, 2.24) is 9.80 Å². The van der Waals surface area contributed by atoms with Gasteiger partial charge in [-0.15, -0.1) is 0 Å². The second-order valence-electron chi connectivity index (χ2n) is 12.5. The molecule has 3 atom stereocenters. The number of rotatable bonds is 4. The van der Waals surface area contributed by atoms with E-state index in [9.17, 15) is 18.0 Å². The molecule has 4 saturated heterocycles. The Bertz CT molecular complexity index is 994. The van der Waals surface area contributed by atoms with Gasteiger partial charge in [0, 0.05) is 62.3 Å². The molecule has 206 valence electrons. The predicted molar refractivity (Wildman–Crippen MR) is 136 cm³/mol. The maximum atomic E-state index is 12.8. The third-order valence-electron chi connectivity index (χ3n) is 9.19.